The first-order valence-corrected chi connectivity index (χ1v) is 6.24. The van der Waals surface area contributed by atoms with Gasteiger partial charge in [-0.25, -0.2) is 0 Å². The molecule has 1 atom stereocenters. The number of benzene rings is 1. The van der Waals surface area contributed by atoms with Crippen molar-refractivity contribution in [2.75, 3.05) is 0 Å². The van der Waals surface area contributed by atoms with E-state index >= 15 is 0 Å². The Morgan fingerprint density at radius 1 is 1.21 bits per heavy atom. The van der Waals surface area contributed by atoms with Crippen LogP contribution in [0.25, 0.3) is 0 Å². The second kappa shape index (κ2) is 5.71. The van der Waals surface area contributed by atoms with Crippen molar-refractivity contribution in [1.29, 1.82) is 0 Å². The minimum atomic E-state index is -0.0251. The molecule has 1 unspecified atom stereocenters. The molecule has 1 heterocycles. The number of aromatic hydroxyl groups is 2. The summed E-state index contributed by atoms with van der Waals surface area (Å²) in [4.78, 5) is 4.41. The van der Waals surface area contributed by atoms with Crippen LogP contribution in [0.4, 0.5) is 0 Å². The highest BCUT2D eigenvalue weighted by atomic mass is 16.3. The first-order chi connectivity index (χ1) is 9.06. The molecule has 0 aliphatic rings. The third kappa shape index (κ3) is 3.45. The van der Waals surface area contributed by atoms with E-state index in [9.17, 15) is 10.2 Å². The first kappa shape index (κ1) is 13.4. The number of hydrogen-bond acceptors (Lipinski definition) is 4. The monoisotopic (exact) mass is 258 g/mol. The Morgan fingerprint density at radius 2 is 2.00 bits per heavy atom. The van der Waals surface area contributed by atoms with Crippen LogP contribution in [-0.2, 0) is 6.54 Å². The predicted octanol–water partition coefficient (Wildman–Crippen LogP) is 2.65. The summed E-state index contributed by atoms with van der Waals surface area (Å²) in [6.45, 7) is 4.55. The van der Waals surface area contributed by atoms with Crippen LogP contribution < -0.4 is 5.32 Å². The van der Waals surface area contributed by atoms with Crippen molar-refractivity contribution >= 4 is 0 Å². The van der Waals surface area contributed by atoms with Crippen molar-refractivity contribution in [2.45, 2.75) is 26.4 Å². The Balaban J connectivity index is 2.03. The fourth-order valence-corrected chi connectivity index (χ4v) is 1.96. The van der Waals surface area contributed by atoms with E-state index in [1.807, 2.05) is 32.0 Å². The highest BCUT2D eigenvalue weighted by Gasteiger charge is 2.10. The molecule has 100 valence electrons. The van der Waals surface area contributed by atoms with E-state index in [1.54, 1.807) is 12.1 Å². The molecule has 0 saturated heterocycles. The predicted molar refractivity (Wildman–Crippen MR) is 74.0 cm³/mol. The van der Waals surface area contributed by atoms with Crippen LogP contribution in [-0.4, -0.2) is 15.2 Å². The van der Waals surface area contributed by atoms with Crippen LogP contribution in [0.1, 0.15) is 29.9 Å². The zero-order valence-corrected chi connectivity index (χ0v) is 11.1. The Kier molecular flexibility index (Phi) is 4.02. The van der Waals surface area contributed by atoms with Crippen molar-refractivity contribution in [1.82, 2.24) is 10.3 Å². The molecule has 0 aliphatic carbocycles. The number of hydrogen-bond donors (Lipinski definition) is 3. The lowest BCUT2D eigenvalue weighted by molar-refractivity contribution is 0.435. The quantitative estimate of drug-likeness (QED) is 0.788. The molecular formula is C15H18N2O2. The van der Waals surface area contributed by atoms with Gasteiger partial charge in [0, 0.05) is 29.9 Å². The highest BCUT2D eigenvalue weighted by Crippen LogP contribution is 2.27. The largest absolute Gasteiger partial charge is 0.508 e. The lowest BCUT2D eigenvalue weighted by atomic mass is 10.1. The third-order valence-corrected chi connectivity index (χ3v) is 3.02. The Morgan fingerprint density at radius 3 is 2.68 bits per heavy atom. The SMILES string of the molecule is Cc1cccc(CNC(C)c2ccc(O)cc2O)n1. The molecule has 2 aromatic rings. The van der Waals surface area contributed by atoms with Crippen molar-refractivity contribution in [2.24, 2.45) is 0 Å². The van der Waals surface area contributed by atoms with Crippen molar-refractivity contribution in [3.05, 3.63) is 53.3 Å². The first-order valence-electron chi connectivity index (χ1n) is 6.24. The van der Waals surface area contributed by atoms with Crippen LogP contribution in [0.5, 0.6) is 11.5 Å². The summed E-state index contributed by atoms with van der Waals surface area (Å²) in [5.41, 5.74) is 2.70. The number of nitrogens with one attached hydrogen (secondary N) is 1. The van der Waals surface area contributed by atoms with Crippen molar-refractivity contribution in [3.8, 4) is 11.5 Å². The number of aromatic nitrogens is 1. The van der Waals surface area contributed by atoms with Crippen LogP contribution in [0, 0.1) is 6.92 Å². The van der Waals surface area contributed by atoms with Crippen LogP contribution >= 0.6 is 0 Å². The fraction of sp³-hybridized carbons (Fsp3) is 0.267. The van der Waals surface area contributed by atoms with Gasteiger partial charge in [0.15, 0.2) is 0 Å². The average molecular weight is 258 g/mol. The maximum atomic E-state index is 9.79. The summed E-state index contributed by atoms with van der Waals surface area (Å²) in [5.74, 6) is 0.158. The van der Waals surface area contributed by atoms with E-state index in [0.29, 0.717) is 6.54 Å². The smallest absolute Gasteiger partial charge is 0.124 e. The lowest BCUT2D eigenvalue weighted by Crippen LogP contribution is -2.19. The fourth-order valence-electron chi connectivity index (χ4n) is 1.96. The molecule has 19 heavy (non-hydrogen) atoms. The maximum absolute atomic E-state index is 9.79. The number of aryl methyl sites for hydroxylation is 1. The minimum absolute atomic E-state index is 0.0251. The lowest BCUT2D eigenvalue weighted by Gasteiger charge is -2.15. The molecule has 0 amide bonds. The second-order valence-corrected chi connectivity index (χ2v) is 4.62. The molecule has 0 fully saturated rings. The van der Waals surface area contributed by atoms with Gasteiger partial charge in [-0.05, 0) is 32.0 Å². The zero-order valence-electron chi connectivity index (χ0n) is 11.1. The number of rotatable bonds is 4. The standard InChI is InChI=1S/C15H18N2O2/c1-10-4-3-5-12(17-10)9-16-11(2)14-7-6-13(18)8-15(14)19/h3-8,11,16,18-19H,9H2,1-2H3. The van der Waals surface area contributed by atoms with Gasteiger partial charge in [-0.3, -0.25) is 4.98 Å². The molecule has 0 bridgehead atoms. The van der Waals surface area contributed by atoms with Crippen LogP contribution in [0.15, 0.2) is 36.4 Å². The minimum Gasteiger partial charge on any atom is -0.508 e. The van der Waals surface area contributed by atoms with Gasteiger partial charge in [0.2, 0.25) is 0 Å². The summed E-state index contributed by atoms with van der Waals surface area (Å²) in [5, 5.41) is 22.4. The van der Waals surface area contributed by atoms with Gasteiger partial charge < -0.3 is 15.5 Å². The molecule has 0 radical (unpaired) electrons. The molecule has 1 aromatic heterocycles. The van der Waals surface area contributed by atoms with Gasteiger partial charge in [-0.2, -0.15) is 0 Å². The van der Waals surface area contributed by atoms with Crippen molar-refractivity contribution < 1.29 is 10.2 Å². The zero-order chi connectivity index (χ0) is 13.8. The normalized spacial score (nSPS) is 12.3. The van der Waals surface area contributed by atoms with E-state index in [0.717, 1.165) is 17.0 Å². The van der Waals surface area contributed by atoms with E-state index in [1.165, 1.54) is 6.07 Å². The third-order valence-electron chi connectivity index (χ3n) is 3.02. The van der Waals surface area contributed by atoms with Gasteiger partial charge in [0.1, 0.15) is 11.5 Å². The van der Waals surface area contributed by atoms with E-state index < -0.39 is 0 Å². The Bertz CT molecular complexity index is 570. The number of nitrogens with zero attached hydrogens (tertiary/aromatic N) is 1. The Hall–Kier alpha value is -2.07. The van der Waals surface area contributed by atoms with Crippen LogP contribution in [0.3, 0.4) is 0 Å². The molecule has 2 rings (SSSR count). The van der Waals surface area contributed by atoms with E-state index in [-0.39, 0.29) is 17.5 Å². The van der Waals surface area contributed by atoms with Gasteiger partial charge in [-0.15, -0.1) is 0 Å². The number of phenolic OH excluding ortho intramolecular Hbond substituents is 2. The van der Waals surface area contributed by atoms with Gasteiger partial charge in [0.05, 0.1) is 5.69 Å². The molecule has 4 nitrogen and oxygen atoms in total. The second-order valence-electron chi connectivity index (χ2n) is 4.62. The average Bonchev–Trinajstić information content (AvgIpc) is 2.36. The summed E-state index contributed by atoms with van der Waals surface area (Å²) in [6.07, 6.45) is 0. The van der Waals surface area contributed by atoms with Crippen molar-refractivity contribution in [3.63, 3.8) is 0 Å². The Labute approximate surface area is 112 Å². The summed E-state index contributed by atoms with van der Waals surface area (Å²) >= 11 is 0. The maximum Gasteiger partial charge on any atom is 0.124 e. The van der Waals surface area contributed by atoms with Gasteiger partial charge in [-0.1, -0.05) is 12.1 Å². The molecule has 1 aromatic carbocycles. The topological polar surface area (TPSA) is 65.4 Å². The molecule has 4 heteroatoms. The highest BCUT2D eigenvalue weighted by molar-refractivity contribution is 5.40. The molecule has 0 saturated carbocycles. The van der Waals surface area contributed by atoms with Crippen LogP contribution in [0.2, 0.25) is 0 Å². The summed E-state index contributed by atoms with van der Waals surface area (Å²) < 4.78 is 0. The molecule has 3 N–H and O–H groups in total. The molecular weight excluding hydrogens is 240 g/mol. The number of phenols is 2. The van der Waals surface area contributed by atoms with Gasteiger partial charge in [0.25, 0.3) is 0 Å². The van der Waals surface area contributed by atoms with Gasteiger partial charge >= 0.3 is 0 Å². The molecule has 0 spiro atoms. The van der Waals surface area contributed by atoms with E-state index in [4.69, 9.17) is 0 Å². The summed E-state index contributed by atoms with van der Waals surface area (Å²) in [7, 11) is 0. The summed E-state index contributed by atoms with van der Waals surface area (Å²) in [6, 6.07) is 10.5. The number of pyridine rings is 1. The molecule has 0 aliphatic heterocycles. The van der Waals surface area contributed by atoms with E-state index in [2.05, 4.69) is 10.3 Å².